The Bertz CT molecular complexity index is 552. The van der Waals surface area contributed by atoms with Crippen LogP contribution < -0.4 is 4.46 Å². The predicted molar refractivity (Wildman–Crippen MR) is 81.6 cm³/mol. The van der Waals surface area contributed by atoms with E-state index < -0.39 is 13.8 Å². The van der Waals surface area contributed by atoms with Crippen molar-refractivity contribution in [3.05, 3.63) is 29.8 Å². The van der Waals surface area contributed by atoms with Crippen LogP contribution >= 0.6 is 0 Å². The van der Waals surface area contributed by atoms with Gasteiger partial charge in [0.1, 0.15) is 0 Å². The first-order chi connectivity index (χ1) is 9.38. The molecule has 4 atom stereocenters. The van der Waals surface area contributed by atoms with Crippen LogP contribution in [-0.4, -0.2) is 25.0 Å². The van der Waals surface area contributed by atoms with Gasteiger partial charge in [0.25, 0.3) is 0 Å². The number of aliphatic hydroxyl groups excluding tert-OH is 1. The normalized spacial score (nSPS) is 36.2. The Labute approximate surface area is 125 Å². The Morgan fingerprint density at radius 3 is 2.60 bits per heavy atom. The summed E-state index contributed by atoms with van der Waals surface area (Å²) in [6, 6.07) is 8.01. The molecular formula is C17H24O2Se. The van der Waals surface area contributed by atoms with E-state index in [2.05, 4.69) is 13.8 Å². The van der Waals surface area contributed by atoms with Crippen molar-refractivity contribution in [2.45, 2.75) is 51.5 Å². The van der Waals surface area contributed by atoms with Gasteiger partial charge in [-0.1, -0.05) is 0 Å². The fourth-order valence-electron chi connectivity index (χ4n) is 4.50. The molecule has 2 aliphatic carbocycles. The number of benzene rings is 1. The van der Waals surface area contributed by atoms with Gasteiger partial charge in [-0.25, -0.2) is 0 Å². The summed E-state index contributed by atoms with van der Waals surface area (Å²) in [5.41, 5.74) is 1.14. The van der Waals surface area contributed by atoms with Gasteiger partial charge in [0.05, 0.1) is 0 Å². The van der Waals surface area contributed by atoms with Gasteiger partial charge in [0.2, 0.25) is 0 Å². The molecule has 0 heterocycles. The summed E-state index contributed by atoms with van der Waals surface area (Å²) in [5.74, 6) is 0.605. The molecule has 0 amide bonds. The summed E-state index contributed by atoms with van der Waals surface area (Å²) in [6.07, 6.45) is 2.87. The first-order valence-corrected chi connectivity index (χ1v) is 10.3. The molecule has 20 heavy (non-hydrogen) atoms. The molecule has 2 aliphatic rings. The van der Waals surface area contributed by atoms with Gasteiger partial charge in [-0.15, -0.1) is 0 Å². The zero-order valence-corrected chi connectivity index (χ0v) is 14.3. The second-order valence-electron chi connectivity index (χ2n) is 7.12. The number of aliphatic hydroxyl groups is 1. The van der Waals surface area contributed by atoms with Crippen molar-refractivity contribution in [3.8, 4) is 0 Å². The molecular weight excluding hydrogens is 315 g/mol. The van der Waals surface area contributed by atoms with Gasteiger partial charge in [0.15, 0.2) is 0 Å². The van der Waals surface area contributed by atoms with E-state index in [1.54, 1.807) is 0 Å². The third-order valence-corrected chi connectivity index (χ3v) is 9.74. The summed E-state index contributed by atoms with van der Waals surface area (Å²) in [7, 11) is 0. The monoisotopic (exact) mass is 340 g/mol. The quantitative estimate of drug-likeness (QED) is 0.860. The van der Waals surface area contributed by atoms with E-state index >= 15 is 0 Å². The summed E-state index contributed by atoms with van der Waals surface area (Å²) in [4.78, 5) is 0. The zero-order valence-electron chi connectivity index (χ0n) is 12.6. The third-order valence-electron chi connectivity index (χ3n) is 6.12. The van der Waals surface area contributed by atoms with Gasteiger partial charge in [-0.3, -0.25) is 0 Å². The summed E-state index contributed by atoms with van der Waals surface area (Å²) >= 11 is -2.09. The van der Waals surface area contributed by atoms with Gasteiger partial charge in [0, 0.05) is 0 Å². The molecule has 0 aliphatic heterocycles. The van der Waals surface area contributed by atoms with E-state index in [4.69, 9.17) is 0 Å². The van der Waals surface area contributed by atoms with Crippen molar-refractivity contribution in [3.63, 3.8) is 0 Å². The van der Waals surface area contributed by atoms with Crippen molar-refractivity contribution in [1.29, 1.82) is 0 Å². The van der Waals surface area contributed by atoms with Gasteiger partial charge in [-0.2, -0.15) is 0 Å². The van der Waals surface area contributed by atoms with Crippen molar-refractivity contribution < 1.29 is 8.94 Å². The van der Waals surface area contributed by atoms with E-state index in [0.717, 1.165) is 22.9 Å². The van der Waals surface area contributed by atoms with Crippen molar-refractivity contribution in [2.24, 2.45) is 16.7 Å². The second kappa shape index (κ2) is 4.76. The van der Waals surface area contributed by atoms with Crippen LogP contribution in [0, 0.1) is 23.7 Å². The molecule has 110 valence electrons. The molecule has 1 aromatic rings. The van der Waals surface area contributed by atoms with Crippen LogP contribution in [0.4, 0.5) is 0 Å². The number of hydrogen-bond donors (Lipinski definition) is 1. The van der Waals surface area contributed by atoms with Crippen molar-refractivity contribution >= 4 is 18.3 Å². The molecule has 0 aromatic heterocycles. The summed E-state index contributed by atoms with van der Waals surface area (Å²) < 4.78 is 14.0. The predicted octanol–water partition coefficient (Wildman–Crippen LogP) is 2.81. The average Bonchev–Trinajstić information content (AvgIpc) is 2.73. The van der Waals surface area contributed by atoms with E-state index in [0.29, 0.717) is 11.2 Å². The van der Waals surface area contributed by atoms with E-state index in [1.165, 1.54) is 6.42 Å². The van der Waals surface area contributed by atoms with Gasteiger partial charge < -0.3 is 0 Å². The number of hydrogen-bond acceptors (Lipinski definition) is 2. The Morgan fingerprint density at radius 2 is 2.05 bits per heavy atom. The molecule has 0 spiro atoms. The minimum absolute atomic E-state index is 0.119. The second-order valence-corrected chi connectivity index (χ2v) is 10.1. The zero-order chi connectivity index (χ0) is 14.5. The molecule has 1 unspecified atom stereocenters. The maximum atomic E-state index is 12.9. The number of fused-ring (bicyclic) bond motifs is 2. The molecule has 1 aromatic carbocycles. The van der Waals surface area contributed by atoms with Crippen LogP contribution in [-0.2, 0) is 3.83 Å². The molecule has 3 rings (SSSR count). The Hall–Kier alpha value is -0.501. The summed E-state index contributed by atoms with van der Waals surface area (Å²) in [6.45, 7) is 6.59. The Morgan fingerprint density at radius 1 is 1.35 bits per heavy atom. The van der Waals surface area contributed by atoms with E-state index in [1.807, 2.05) is 31.2 Å². The first-order valence-electron chi connectivity index (χ1n) is 7.50. The molecule has 1 N–H and O–H groups in total. The van der Waals surface area contributed by atoms with Crippen molar-refractivity contribution in [1.82, 2.24) is 0 Å². The molecule has 2 nitrogen and oxygen atoms in total. The van der Waals surface area contributed by atoms with Crippen molar-refractivity contribution in [2.75, 3.05) is 0 Å². The number of aryl methyl sites for hydroxylation is 1. The van der Waals surface area contributed by atoms with Crippen LogP contribution in [0.15, 0.2) is 24.3 Å². The minimum atomic E-state index is -2.09. The SMILES string of the molecule is Cc1ccccc1[Se](=O)C[C@]12CC[C@H](C[C@H]1O)C2(C)C. The fraction of sp³-hybridized carbons (Fsp3) is 0.647. The van der Waals surface area contributed by atoms with Gasteiger partial charge in [-0.05, 0) is 0 Å². The molecule has 0 saturated heterocycles. The van der Waals surface area contributed by atoms with Crippen LogP contribution in [0.25, 0.3) is 0 Å². The van der Waals surface area contributed by atoms with Crippen LogP contribution in [0.3, 0.4) is 0 Å². The molecule has 3 heteroatoms. The molecule has 2 fully saturated rings. The van der Waals surface area contributed by atoms with E-state index in [9.17, 15) is 8.94 Å². The molecule has 2 bridgehead atoms. The third kappa shape index (κ3) is 1.87. The van der Waals surface area contributed by atoms with E-state index in [-0.39, 0.29) is 16.9 Å². The number of rotatable bonds is 3. The van der Waals surface area contributed by atoms with Crippen LogP contribution in [0.1, 0.15) is 38.7 Å². The fourth-order valence-corrected chi connectivity index (χ4v) is 8.68. The average molecular weight is 339 g/mol. The molecule has 2 saturated carbocycles. The van der Waals surface area contributed by atoms with Gasteiger partial charge >= 0.3 is 125 Å². The first kappa shape index (κ1) is 14.4. The Balaban J connectivity index is 1.91. The summed E-state index contributed by atoms with van der Waals surface area (Å²) in [5, 5.41) is 11.2. The maximum absolute atomic E-state index is 12.9. The van der Waals surface area contributed by atoms with Crippen LogP contribution in [0.5, 0.6) is 0 Å². The standard InChI is InChI=1S/C17H24O2Se/c1-12-6-4-5-7-14(12)20(19)11-17-9-8-13(10-15(17)18)16(17,2)3/h4-7,13,15,18H,8-11H2,1-3H3/t13-,15-,17-,20?/m1/s1. The molecule has 0 radical (unpaired) electrons. The Kier molecular flexibility index (Phi) is 3.44. The van der Waals surface area contributed by atoms with Crippen LogP contribution in [0.2, 0.25) is 5.32 Å². The topological polar surface area (TPSA) is 37.3 Å².